The smallest absolute Gasteiger partial charge is 0.330 e. The molecular formula is C30H38N2O3. The highest BCUT2D eigenvalue weighted by atomic mass is 16.5. The largest absolute Gasteiger partial charge is 0.494 e. The number of nitrogens with zero attached hydrogens (tertiary/aromatic N) is 1. The van der Waals surface area contributed by atoms with Crippen molar-refractivity contribution in [3.05, 3.63) is 96.6 Å². The standard InChI is InChI=1S/C16H25NO.C14H13NO2/c1-2-15-9-12-17(13-10-15)11-6-14-18-16-7-4-3-5-8-16;16-14(17)13(11-7-3-1-4-8-11)15-12-9-5-2-6-10-12/h3-5,7-8,15H,2,6,9-14H2,1H3;1-10,13,15H,(H,16,17). The molecule has 3 aromatic rings. The number of nitrogens with one attached hydrogen (secondary N) is 1. The van der Waals surface area contributed by atoms with Gasteiger partial charge in [-0.1, -0.05) is 80.1 Å². The van der Waals surface area contributed by atoms with Crippen molar-refractivity contribution in [1.82, 2.24) is 4.90 Å². The van der Waals surface area contributed by atoms with Crippen LogP contribution in [0.3, 0.4) is 0 Å². The van der Waals surface area contributed by atoms with E-state index in [1.807, 2.05) is 78.9 Å². The summed E-state index contributed by atoms with van der Waals surface area (Å²) in [6.07, 6.45) is 5.25. The first kappa shape index (κ1) is 26.3. The zero-order valence-electron chi connectivity index (χ0n) is 20.7. The number of hydrogen-bond acceptors (Lipinski definition) is 4. The molecule has 1 aliphatic rings. The van der Waals surface area contributed by atoms with Crippen LogP contribution in [0, 0.1) is 5.92 Å². The van der Waals surface area contributed by atoms with Crippen LogP contribution in [-0.4, -0.2) is 42.2 Å². The van der Waals surface area contributed by atoms with Crippen LogP contribution in [0.1, 0.15) is 44.2 Å². The Morgan fingerprint density at radius 3 is 2.09 bits per heavy atom. The fraction of sp³-hybridized carbons (Fsp3) is 0.367. The Balaban J connectivity index is 0.000000196. The van der Waals surface area contributed by atoms with Crippen molar-refractivity contribution in [3.8, 4) is 5.75 Å². The molecule has 0 spiro atoms. The van der Waals surface area contributed by atoms with Crippen molar-refractivity contribution in [2.75, 3.05) is 31.6 Å². The number of benzene rings is 3. The first-order valence-electron chi connectivity index (χ1n) is 12.6. The van der Waals surface area contributed by atoms with Crippen LogP contribution in [0.4, 0.5) is 5.69 Å². The third-order valence-corrected chi connectivity index (χ3v) is 6.38. The molecule has 35 heavy (non-hydrogen) atoms. The molecule has 0 saturated carbocycles. The highest BCUT2D eigenvalue weighted by Gasteiger charge is 2.19. The van der Waals surface area contributed by atoms with E-state index in [2.05, 4.69) is 17.1 Å². The van der Waals surface area contributed by atoms with Gasteiger partial charge in [0.2, 0.25) is 0 Å². The lowest BCUT2D eigenvalue weighted by Gasteiger charge is -2.31. The third-order valence-electron chi connectivity index (χ3n) is 6.38. The van der Waals surface area contributed by atoms with Gasteiger partial charge in [-0.25, -0.2) is 4.79 Å². The van der Waals surface area contributed by atoms with Gasteiger partial charge in [-0.2, -0.15) is 0 Å². The fourth-order valence-corrected chi connectivity index (χ4v) is 4.25. The number of hydrogen-bond donors (Lipinski definition) is 2. The second-order valence-electron chi connectivity index (χ2n) is 8.90. The lowest BCUT2D eigenvalue weighted by atomic mass is 9.94. The van der Waals surface area contributed by atoms with Crippen LogP contribution >= 0.6 is 0 Å². The van der Waals surface area contributed by atoms with Crippen molar-refractivity contribution < 1.29 is 14.6 Å². The molecule has 5 heteroatoms. The topological polar surface area (TPSA) is 61.8 Å². The van der Waals surface area contributed by atoms with E-state index in [0.717, 1.165) is 35.9 Å². The number of rotatable bonds is 10. The van der Waals surface area contributed by atoms with Crippen molar-refractivity contribution in [3.63, 3.8) is 0 Å². The first-order valence-corrected chi connectivity index (χ1v) is 12.6. The summed E-state index contributed by atoms with van der Waals surface area (Å²) >= 11 is 0. The lowest BCUT2D eigenvalue weighted by Crippen LogP contribution is -2.34. The minimum atomic E-state index is -0.889. The fourth-order valence-electron chi connectivity index (χ4n) is 4.25. The second kappa shape index (κ2) is 14.8. The Morgan fingerprint density at radius 1 is 0.943 bits per heavy atom. The molecule has 1 saturated heterocycles. The van der Waals surface area contributed by atoms with Gasteiger partial charge in [0.15, 0.2) is 6.04 Å². The van der Waals surface area contributed by atoms with Gasteiger partial charge in [0.05, 0.1) is 6.61 Å². The number of carboxylic acid groups (broad SMARTS) is 1. The molecule has 0 aliphatic carbocycles. The molecule has 186 valence electrons. The van der Waals surface area contributed by atoms with E-state index < -0.39 is 12.0 Å². The van der Waals surface area contributed by atoms with Gasteiger partial charge in [-0.05, 0) is 68.1 Å². The van der Waals surface area contributed by atoms with E-state index >= 15 is 0 Å². The second-order valence-corrected chi connectivity index (χ2v) is 8.90. The van der Waals surface area contributed by atoms with Crippen LogP contribution in [0.2, 0.25) is 0 Å². The normalized spacial score (nSPS) is 14.9. The van der Waals surface area contributed by atoms with Crippen LogP contribution in [-0.2, 0) is 4.79 Å². The van der Waals surface area contributed by atoms with Crippen molar-refractivity contribution >= 4 is 11.7 Å². The number of anilines is 1. The van der Waals surface area contributed by atoms with Gasteiger partial charge in [0.25, 0.3) is 0 Å². The minimum absolute atomic E-state index is 0.724. The Labute approximate surface area is 209 Å². The summed E-state index contributed by atoms with van der Waals surface area (Å²) in [7, 11) is 0. The summed E-state index contributed by atoms with van der Waals surface area (Å²) < 4.78 is 5.71. The number of para-hydroxylation sites is 2. The van der Waals surface area contributed by atoms with Gasteiger partial charge in [-0.15, -0.1) is 0 Å². The van der Waals surface area contributed by atoms with Crippen LogP contribution in [0.25, 0.3) is 0 Å². The zero-order valence-corrected chi connectivity index (χ0v) is 20.7. The maximum Gasteiger partial charge on any atom is 0.330 e. The molecule has 0 aromatic heterocycles. The lowest BCUT2D eigenvalue weighted by molar-refractivity contribution is -0.138. The molecule has 0 radical (unpaired) electrons. The minimum Gasteiger partial charge on any atom is -0.494 e. The molecule has 0 bridgehead atoms. The molecule has 1 aliphatic heterocycles. The van der Waals surface area contributed by atoms with E-state index in [4.69, 9.17) is 4.74 Å². The molecular weight excluding hydrogens is 436 g/mol. The molecule has 1 heterocycles. The molecule has 4 rings (SSSR count). The molecule has 1 unspecified atom stereocenters. The number of carbonyl (C=O) groups is 1. The summed E-state index contributed by atoms with van der Waals surface area (Å²) in [4.78, 5) is 13.8. The predicted molar refractivity (Wildman–Crippen MR) is 143 cm³/mol. The van der Waals surface area contributed by atoms with Crippen LogP contribution in [0.5, 0.6) is 5.75 Å². The Bertz CT molecular complexity index is 959. The van der Waals surface area contributed by atoms with Gasteiger partial charge in [0, 0.05) is 12.2 Å². The quantitative estimate of drug-likeness (QED) is 0.328. The first-order chi connectivity index (χ1) is 17.2. The predicted octanol–water partition coefficient (Wildman–Crippen LogP) is 6.50. The molecule has 5 nitrogen and oxygen atoms in total. The summed E-state index contributed by atoms with van der Waals surface area (Å²) in [5.41, 5.74) is 1.53. The average Bonchev–Trinajstić information content (AvgIpc) is 2.92. The van der Waals surface area contributed by atoms with Crippen molar-refractivity contribution in [1.29, 1.82) is 0 Å². The Hall–Kier alpha value is -3.31. The highest BCUT2D eigenvalue weighted by Crippen LogP contribution is 2.20. The molecule has 2 N–H and O–H groups in total. The van der Waals surface area contributed by atoms with Crippen LogP contribution in [0.15, 0.2) is 91.0 Å². The van der Waals surface area contributed by atoms with E-state index in [1.54, 1.807) is 12.1 Å². The number of aliphatic carboxylic acids is 1. The van der Waals surface area contributed by atoms with Crippen LogP contribution < -0.4 is 10.1 Å². The van der Waals surface area contributed by atoms with E-state index in [0.29, 0.717) is 0 Å². The Morgan fingerprint density at radius 2 is 1.51 bits per heavy atom. The SMILES string of the molecule is CCC1CCN(CCCOc2ccccc2)CC1.O=C(O)C(Nc1ccccc1)c1ccccc1. The van der Waals surface area contributed by atoms with Gasteiger partial charge >= 0.3 is 5.97 Å². The maximum atomic E-state index is 11.2. The maximum absolute atomic E-state index is 11.2. The van der Waals surface area contributed by atoms with E-state index in [9.17, 15) is 9.90 Å². The molecule has 1 fully saturated rings. The monoisotopic (exact) mass is 474 g/mol. The third kappa shape index (κ3) is 9.45. The zero-order chi connectivity index (χ0) is 24.7. The van der Waals surface area contributed by atoms with Gasteiger partial charge < -0.3 is 20.1 Å². The summed E-state index contributed by atoms with van der Waals surface area (Å²) in [5, 5.41) is 12.2. The van der Waals surface area contributed by atoms with Gasteiger partial charge in [-0.3, -0.25) is 0 Å². The molecule has 1 atom stereocenters. The van der Waals surface area contributed by atoms with Crippen molar-refractivity contribution in [2.45, 2.75) is 38.6 Å². The van der Waals surface area contributed by atoms with E-state index in [1.165, 1.54) is 38.9 Å². The molecule has 0 amide bonds. The molecule has 3 aromatic carbocycles. The average molecular weight is 475 g/mol. The van der Waals surface area contributed by atoms with Gasteiger partial charge in [0.1, 0.15) is 5.75 Å². The number of carboxylic acids is 1. The number of likely N-dealkylation sites (tertiary alicyclic amines) is 1. The van der Waals surface area contributed by atoms with E-state index in [-0.39, 0.29) is 0 Å². The summed E-state index contributed by atoms with van der Waals surface area (Å²) in [6, 6.07) is 27.8. The highest BCUT2D eigenvalue weighted by molar-refractivity contribution is 5.79. The summed E-state index contributed by atoms with van der Waals surface area (Å²) in [5.74, 6) is 1.07. The number of ether oxygens (including phenoxy) is 1. The Kier molecular flexibility index (Phi) is 11.2. The van der Waals surface area contributed by atoms with Crippen molar-refractivity contribution in [2.24, 2.45) is 5.92 Å². The summed E-state index contributed by atoms with van der Waals surface area (Å²) in [6.45, 7) is 6.89. The number of piperidine rings is 1.